The molecule has 6 heteroatoms. The van der Waals surface area contributed by atoms with Gasteiger partial charge in [-0.1, -0.05) is 11.6 Å². The van der Waals surface area contributed by atoms with Crippen molar-refractivity contribution in [2.24, 2.45) is 4.99 Å². The molecule has 0 radical (unpaired) electrons. The monoisotopic (exact) mass is 304 g/mol. The summed E-state index contributed by atoms with van der Waals surface area (Å²) in [4.78, 5) is 4.34. The molecule has 4 nitrogen and oxygen atoms in total. The van der Waals surface area contributed by atoms with Crippen molar-refractivity contribution in [3.05, 3.63) is 22.7 Å². The number of hydrogen-bond donors (Lipinski definition) is 3. The van der Waals surface area contributed by atoms with Crippen molar-refractivity contribution in [3.8, 4) is 0 Å². The summed E-state index contributed by atoms with van der Waals surface area (Å²) in [6, 6.07) is 3.61. The van der Waals surface area contributed by atoms with Gasteiger partial charge in [-0.15, -0.1) is 17.0 Å². The quantitative estimate of drug-likeness (QED) is 0.695. The van der Waals surface area contributed by atoms with E-state index in [9.17, 15) is 0 Å². The highest BCUT2D eigenvalue weighted by molar-refractivity contribution is 8.93. The second-order valence-electron chi connectivity index (χ2n) is 3.47. The SMILES string of the molecule is Br.Cc1cc(Cl)c(N=C2NCCN2)cc1N. The summed E-state index contributed by atoms with van der Waals surface area (Å²) < 4.78 is 0. The molecule has 1 aromatic carbocycles. The third-order valence-corrected chi connectivity index (χ3v) is 2.58. The smallest absolute Gasteiger partial charge is 0.196 e. The number of rotatable bonds is 1. The van der Waals surface area contributed by atoms with Crippen LogP contribution in [-0.4, -0.2) is 19.0 Å². The molecule has 2 rings (SSSR count). The van der Waals surface area contributed by atoms with Gasteiger partial charge in [0.05, 0.1) is 10.7 Å². The Hall–Kier alpha value is -0.940. The Morgan fingerprint density at radius 1 is 1.31 bits per heavy atom. The lowest BCUT2D eigenvalue weighted by molar-refractivity contribution is 0.942. The van der Waals surface area contributed by atoms with Crippen LogP contribution < -0.4 is 16.4 Å². The Balaban J connectivity index is 0.00000128. The van der Waals surface area contributed by atoms with Crippen LogP contribution in [0.4, 0.5) is 11.4 Å². The van der Waals surface area contributed by atoms with Gasteiger partial charge in [-0.05, 0) is 24.6 Å². The third-order valence-electron chi connectivity index (χ3n) is 2.28. The zero-order chi connectivity index (χ0) is 10.8. The lowest BCUT2D eigenvalue weighted by atomic mass is 10.2. The molecule has 0 aliphatic carbocycles. The van der Waals surface area contributed by atoms with Crippen LogP contribution in [0.5, 0.6) is 0 Å². The van der Waals surface area contributed by atoms with E-state index in [1.54, 1.807) is 6.07 Å². The Labute approximate surface area is 110 Å². The molecule has 0 spiro atoms. The number of nitrogens with one attached hydrogen (secondary N) is 2. The first-order valence-corrected chi connectivity index (χ1v) is 5.16. The zero-order valence-electron chi connectivity index (χ0n) is 8.88. The first-order valence-electron chi connectivity index (χ1n) is 4.79. The number of nitrogens with zero attached hydrogens (tertiary/aromatic N) is 1. The molecule has 0 saturated carbocycles. The van der Waals surface area contributed by atoms with Gasteiger partial charge in [-0.3, -0.25) is 0 Å². The maximum absolute atomic E-state index is 6.06. The lowest BCUT2D eigenvalue weighted by Gasteiger charge is -2.05. The van der Waals surface area contributed by atoms with E-state index in [-0.39, 0.29) is 17.0 Å². The summed E-state index contributed by atoms with van der Waals surface area (Å²) in [5.41, 5.74) is 8.16. The number of guanidine groups is 1. The van der Waals surface area contributed by atoms with Gasteiger partial charge in [0, 0.05) is 18.8 Å². The van der Waals surface area contributed by atoms with Crippen molar-refractivity contribution in [1.82, 2.24) is 10.6 Å². The van der Waals surface area contributed by atoms with Crippen molar-refractivity contribution in [2.45, 2.75) is 6.92 Å². The summed E-state index contributed by atoms with van der Waals surface area (Å²) in [5.74, 6) is 0.750. The standard InChI is InChI=1S/C10H13ClN4.BrH/c1-6-4-7(11)9(5-8(6)12)15-10-13-2-3-14-10;/h4-5H,2-3,12H2,1H3,(H2,13,14,15);1H. The normalized spacial score (nSPS) is 13.8. The summed E-state index contributed by atoms with van der Waals surface area (Å²) in [7, 11) is 0. The van der Waals surface area contributed by atoms with Crippen LogP contribution in [0.2, 0.25) is 5.02 Å². The second-order valence-corrected chi connectivity index (χ2v) is 3.88. The molecule has 1 aliphatic rings. The molecule has 88 valence electrons. The van der Waals surface area contributed by atoms with Gasteiger partial charge in [-0.2, -0.15) is 0 Å². The second kappa shape index (κ2) is 5.41. The molecule has 0 aromatic heterocycles. The minimum absolute atomic E-state index is 0. The number of nitrogens with two attached hydrogens (primary N) is 1. The molecule has 0 bridgehead atoms. The average molecular weight is 306 g/mol. The number of aliphatic imine (C=N–C) groups is 1. The molecule has 0 amide bonds. The Kier molecular flexibility index (Phi) is 4.44. The fourth-order valence-electron chi connectivity index (χ4n) is 1.39. The number of anilines is 1. The zero-order valence-corrected chi connectivity index (χ0v) is 11.3. The van der Waals surface area contributed by atoms with Gasteiger partial charge in [0.2, 0.25) is 0 Å². The fourth-order valence-corrected chi connectivity index (χ4v) is 1.65. The summed E-state index contributed by atoms with van der Waals surface area (Å²) in [5, 5.41) is 6.83. The van der Waals surface area contributed by atoms with Crippen LogP contribution in [0.25, 0.3) is 0 Å². The predicted molar refractivity (Wildman–Crippen MR) is 74.0 cm³/mol. The van der Waals surface area contributed by atoms with Crippen molar-refractivity contribution in [3.63, 3.8) is 0 Å². The van der Waals surface area contributed by atoms with Crippen LogP contribution in [0.1, 0.15) is 5.56 Å². The molecule has 1 aromatic rings. The Morgan fingerprint density at radius 3 is 2.56 bits per heavy atom. The summed E-state index contributed by atoms with van der Waals surface area (Å²) in [6.45, 7) is 3.69. The highest BCUT2D eigenvalue weighted by atomic mass is 79.9. The fraction of sp³-hybridized carbons (Fsp3) is 0.300. The molecular formula is C10H14BrClN4. The Morgan fingerprint density at radius 2 is 1.94 bits per heavy atom. The molecule has 0 atom stereocenters. The van der Waals surface area contributed by atoms with Crippen LogP contribution >= 0.6 is 28.6 Å². The van der Waals surface area contributed by atoms with E-state index in [1.807, 2.05) is 13.0 Å². The Bertz CT molecular complexity index is 412. The molecule has 1 fully saturated rings. The highest BCUT2D eigenvalue weighted by Gasteiger charge is 2.08. The summed E-state index contributed by atoms with van der Waals surface area (Å²) >= 11 is 6.06. The first kappa shape index (κ1) is 13.1. The van der Waals surface area contributed by atoms with Crippen LogP contribution in [0.3, 0.4) is 0 Å². The summed E-state index contributed by atoms with van der Waals surface area (Å²) in [6.07, 6.45) is 0. The predicted octanol–water partition coefficient (Wildman–Crippen LogP) is 1.99. The highest BCUT2D eigenvalue weighted by Crippen LogP contribution is 2.29. The van der Waals surface area contributed by atoms with Crippen molar-refractivity contribution in [1.29, 1.82) is 0 Å². The van der Waals surface area contributed by atoms with E-state index in [0.717, 1.165) is 24.6 Å². The molecule has 1 aliphatic heterocycles. The van der Waals surface area contributed by atoms with E-state index < -0.39 is 0 Å². The van der Waals surface area contributed by atoms with Gasteiger partial charge in [0.25, 0.3) is 0 Å². The lowest BCUT2D eigenvalue weighted by Crippen LogP contribution is -2.23. The first-order chi connectivity index (χ1) is 7.16. The minimum atomic E-state index is 0. The molecule has 16 heavy (non-hydrogen) atoms. The number of hydrogen-bond acceptors (Lipinski definition) is 2. The molecule has 1 saturated heterocycles. The van der Waals surface area contributed by atoms with E-state index in [0.29, 0.717) is 16.4 Å². The maximum atomic E-state index is 6.06. The van der Waals surface area contributed by atoms with E-state index >= 15 is 0 Å². The van der Waals surface area contributed by atoms with Crippen molar-refractivity contribution in [2.75, 3.05) is 18.8 Å². The van der Waals surface area contributed by atoms with E-state index in [1.165, 1.54) is 0 Å². The number of benzene rings is 1. The van der Waals surface area contributed by atoms with Gasteiger partial charge in [0.15, 0.2) is 5.96 Å². The van der Waals surface area contributed by atoms with Gasteiger partial charge >= 0.3 is 0 Å². The maximum Gasteiger partial charge on any atom is 0.196 e. The van der Waals surface area contributed by atoms with Gasteiger partial charge in [-0.25, -0.2) is 4.99 Å². The third kappa shape index (κ3) is 2.80. The largest absolute Gasteiger partial charge is 0.398 e. The van der Waals surface area contributed by atoms with Crippen molar-refractivity contribution < 1.29 is 0 Å². The molecule has 1 heterocycles. The van der Waals surface area contributed by atoms with Crippen molar-refractivity contribution >= 4 is 45.9 Å². The number of nitrogen functional groups attached to an aromatic ring is 1. The molecule has 4 N–H and O–H groups in total. The van der Waals surface area contributed by atoms with Gasteiger partial charge < -0.3 is 16.4 Å². The average Bonchev–Trinajstić information content (AvgIpc) is 2.67. The van der Waals surface area contributed by atoms with Crippen LogP contribution in [0, 0.1) is 6.92 Å². The van der Waals surface area contributed by atoms with Crippen LogP contribution in [0.15, 0.2) is 17.1 Å². The number of aryl methyl sites for hydroxylation is 1. The van der Waals surface area contributed by atoms with Gasteiger partial charge in [0.1, 0.15) is 0 Å². The van der Waals surface area contributed by atoms with E-state index in [4.69, 9.17) is 17.3 Å². The topological polar surface area (TPSA) is 62.4 Å². The number of halogens is 2. The minimum Gasteiger partial charge on any atom is -0.398 e. The molecular weight excluding hydrogens is 291 g/mol. The van der Waals surface area contributed by atoms with Crippen LogP contribution in [-0.2, 0) is 0 Å². The molecule has 0 unspecified atom stereocenters. The van der Waals surface area contributed by atoms with E-state index in [2.05, 4.69) is 15.6 Å².